The van der Waals surface area contributed by atoms with Crippen LogP contribution in [0.15, 0.2) is 54.6 Å². The summed E-state index contributed by atoms with van der Waals surface area (Å²) in [5.74, 6) is 0.731. The Balaban J connectivity index is 1.67. The van der Waals surface area contributed by atoms with Crippen molar-refractivity contribution in [3.8, 4) is 5.75 Å². The number of benzene rings is 3. The number of methoxy groups -OCH3 is 1. The summed E-state index contributed by atoms with van der Waals surface area (Å²) in [5.41, 5.74) is 6.71. The molecule has 0 atom stereocenters. The van der Waals surface area contributed by atoms with Crippen LogP contribution in [0.4, 0.5) is 5.69 Å². The van der Waals surface area contributed by atoms with Crippen molar-refractivity contribution in [3.63, 3.8) is 0 Å². The molecule has 0 saturated carbocycles. The number of aromatic nitrogens is 2. The number of nitrogens with zero attached hydrogens (tertiary/aromatic N) is 2. The van der Waals surface area contributed by atoms with Gasteiger partial charge in [0.1, 0.15) is 9.45 Å². The van der Waals surface area contributed by atoms with Crippen LogP contribution in [0.25, 0.3) is 10.9 Å². The number of ether oxygens (including phenoxy) is 1. The van der Waals surface area contributed by atoms with E-state index in [4.69, 9.17) is 9.84 Å². The first-order chi connectivity index (χ1) is 14.9. The summed E-state index contributed by atoms with van der Waals surface area (Å²) in [5, 5.41) is 8.80. The fraction of sp³-hybridized carbons (Fsp3) is 0.200. The highest BCUT2D eigenvalue weighted by molar-refractivity contribution is 14.1. The number of aryl methyl sites for hydroxylation is 3. The molecule has 31 heavy (non-hydrogen) atoms. The summed E-state index contributed by atoms with van der Waals surface area (Å²) in [6.45, 7) is 6.63. The molecular formula is C25H24IN3O2. The van der Waals surface area contributed by atoms with E-state index in [-0.39, 0.29) is 5.91 Å². The minimum atomic E-state index is -0.101. The molecule has 4 rings (SSSR count). The molecule has 0 bridgehead atoms. The third kappa shape index (κ3) is 4.30. The molecule has 0 aliphatic rings. The second kappa shape index (κ2) is 8.70. The highest BCUT2D eigenvalue weighted by Crippen LogP contribution is 2.27. The van der Waals surface area contributed by atoms with Gasteiger partial charge in [-0.2, -0.15) is 5.10 Å². The van der Waals surface area contributed by atoms with Gasteiger partial charge in [-0.3, -0.25) is 9.48 Å². The number of hydrogen-bond acceptors (Lipinski definition) is 3. The molecule has 1 heterocycles. The standard InChI is InChI=1S/C25H24IN3O2/c1-15-6-5-7-16(2)23(15)27-25(30)20-13-21-22(12-17(20)3)29(28-24(21)26)14-18-8-10-19(31-4)11-9-18/h5-13H,14H2,1-4H3,(H,27,30). The molecule has 158 valence electrons. The van der Waals surface area contributed by atoms with Crippen molar-refractivity contribution < 1.29 is 9.53 Å². The number of carbonyl (C=O) groups excluding carboxylic acids is 1. The molecule has 1 aromatic heterocycles. The average Bonchev–Trinajstić information content (AvgIpc) is 3.05. The van der Waals surface area contributed by atoms with Crippen molar-refractivity contribution >= 4 is 45.1 Å². The minimum absolute atomic E-state index is 0.101. The predicted octanol–water partition coefficient (Wildman–Crippen LogP) is 5.88. The second-order valence-electron chi connectivity index (χ2n) is 7.70. The summed E-state index contributed by atoms with van der Waals surface area (Å²) in [4.78, 5) is 13.1. The van der Waals surface area contributed by atoms with Gasteiger partial charge in [0.2, 0.25) is 0 Å². The van der Waals surface area contributed by atoms with Crippen molar-refractivity contribution in [2.24, 2.45) is 0 Å². The first-order valence-electron chi connectivity index (χ1n) is 10.0. The second-order valence-corrected chi connectivity index (χ2v) is 8.72. The van der Waals surface area contributed by atoms with Gasteiger partial charge in [-0.15, -0.1) is 0 Å². The van der Waals surface area contributed by atoms with Crippen LogP contribution in [0.3, 0.4) is 0 Å². The third-order valence-corrected chi connectivity index (χ3v) is 6.30. The van der Waals surface area contributed by atoms with E-state index in [0.717, 1.165) is 48.3 Å². The average molecular weight is 525 g/mol. The van der Waals surface area contributed by atoms with Crippen LogP contribution in [-0.4, -0.2) is 22.8 Å². The lowest BCUT2D eigenvalue weighted by Crippen LogP contribution is -2.15. The van der Waals surface area contributed by atoms with Gasteiger partial charge < -0.3 is 10.1 Å². The van der Waals surface area contributed by atoms with Crippen LogP contribution in [0, 0.1) is 24.5 Å². The Morgan fingerprint density at radius 1 is 1.03 bits per heavy atom. The first kappa shape index (κ1) is 21.4. The zero-order valence-corrected chi connectivity index (χ0v) is 20.1. The third-order valence-electron chi connectivity index (χ3n) is 5.51. The van der Waals surface area contributed by atoms with Gasteiger partial charge in [0.15, 0.2) is 0 Å². The molecular weight excluding hydrogens is 501 g/mol. The number of amides is 1. The maximum absolute atomic E-state index is 13.1. The zero-order chi connectivity index (χ0) is 22.1. The molecule has 0 aliphatic heterocycles. The molecule has 1 N–H and O–H groups in total. The fourth-order valence-electron chi connectivity index (χ4n) is 3.75. The predicted molar refractivity (Wildman–Crippen MR) is 133 cm³/mol. The lowest BCUT2D eigenvalue weighted by molar-refractivity contribution is 0.102. The van der Waals surface area contributed by atoms with Crippen molar-refractivity contribution in [1.82, 2.24) is 9.78 Å². The number of anilines is 1. The quantitative estimate of drug-likeness (QED) is 0.332. The Labute approximate surface area is 195 Å². The maximum atomic E-state index is 13.1. The highest BCUT2D eigenvalue weighted by atomic mass is 127. The van der Waals surface area contributed by atoms with E-state index in [0.29, 0.717) is 12.1 Å². The van der Waals surface area contributed by atoms with Gasteiger partial charge in [0.25, 0.3) is 5.91 Å². The van der Waals surface area contributed by atoms with Crippen molar-refractivity contribution in [2.75, 3.05) is 12.4 Å². The first-order valence-corrected chi connectivity index (χ1v) is 11.1. The number of fused-ring (bicyclic) bond motifs is 1. The van der Waals surface area contributed by atoms with Crippen molar-refractivity contribution in [3.05, 3.63) is 86.1 Å². The van der Waals surface area contributed by atoms with Crippen molar-refractivity contribution in [2.45, 2.75) is 27.3 Å². The number of hydrogen-bond donors (Lipinski definition) is 1. The molecule has 0 spiro atoms. The summed E-state index contributed by atoms with van der Waals surface area (Å²) in [6.07, 6.45) is 0. The smallest absolute Gasteiger partial charge is 0.255 e. The van der Waals surface area contributed by atoms with E-state index >= 15 is 0 Å². The number of halogens is 1. The fourth-order valence-corrected chi connectivity index (χ4v) is 4.44. The largest absolute Gasteiger partial charge is 0.497 e. The van der Waals surface area contributed by atoms with Gasteiger partial charge in [-0.05, 0) is 89.9 Å². The molecule has 1 amide bonds. The van der Waals surface area contributed by atoms with Crippen LogP contribution >= 0.6 is 22.6 Å². The van der Waals surface area contributed by atoms with E-state index in [1.165, 1.54) is 0 Å². The summed E-state index contributed by atoms with van der Waals surface area (Å²) in [6, 6.07) is 18.0. The topological polar surface area (TPSA) is 56.2 Å². The van der Waals surface area contributed by atoms with Crippen LogP contribution < -0.4 is 10.1 Å². The molecule has 0 aliphatic carbocycles. The van der Waals surface area contributed by atoms with Gasteiger partial charge in [-0.25, -0.2) is 0 Å². The minimum Gasteiger partial charge on any atom is -0.497 e. The molecule has 0 fully saturated rings. The summed E-state index contributed by atoms with van der Waals surface area (Å²) >= 11 is 2.24. The van der Waals surface area contributed by atoms with E-state index in [2.05, 4.69) is 27.9 Å². The molecule has 0 saturated heterocycles. The van der Waals surface area contributed by atoms with Crippen LogP contribution in [0.2, 0.25) is 0 Å². The lowest BCUT2D eigenvalue weighted by Gasteiger charge is -2.13. The van der Waals surface area contributed by atoms with Gasteiger partial charge in [0, 0.05) is 16.6 Å². The zero-order valence-electron chi connectivity index (χ0n) is 18.0. The Hall–Kier alpha value is -2.87. The van der Waals surface area contributed by atoms with Crippen molar-refractivity contribution in [1.29, 1.82) is 0 Å². The van der Waals surface area contributed by atoms with Crippen LogP contribution in [-0.2, 0) is 6.54 Å². The SMILES string of the molecule is COc1ccc(Cn2nc(I)c3cc(C(=O)Nc4c(C)cccc4C)c(C)cc32)cc1. The molecule has 6 heteroatoms. The van der Waals surface area contributed by atoms with Crippen LogP contribution in [0.1, 0.15) is 32.6 Å². The Bertz CT molecular complexity index is 1260. The Morgan fingerprint density at radius 3 is 2.35 bits per heavy atom. The number of carbonyl (C=O) groups is 1. The Morgan fingerprint density at radius 2 is 1.71 bits per heavy atom. The van der Waals surface area contributed by atoms with Crippen LogP contribution in [0.5, 0.6) is 5.75 Å². The van der Waals surface area contributed by atoms with E-state index in [9.17, 15) is 4.79 Å². The number of para-hydroxylation sites is 1. The van der Waals surface area contributed by atoms with Gasteiger partial charge >= 0.3 is 0 Å². The highest BCUT2D eigenvalue weighted by Gasteiger charge is 2.17. The monoisotopic (exact) mass is 525 g/mol. The molecule has 5 nitrogen and oxygen atoms in total. The normalized spacial score (nSPS) is 11.0. The van der Waals surface area contributed by atoms with E-state index in [1.54, 1.807) is 7.11 Å². The number of rotatable bonds is 5. The number of nitrogens with one attached hydrogen (secondary N) is 1. The molecule has 4 aromatic rings. The van der Waals surface area contributed by atoms with Gasteiger partial charge in [0.05, 0.1) is 19.2 Å². The van der Waals surface area contributed by atoms with E-state index < -0.39 is 0 Å². The molecule has 3 aromatic carbocycles. The molecule has 0 unspecified atom stereocenters. The summed E-state index contributed by atoms with van der Waals surface area (Å²) < 4.78 is 8.10. The van der Waals surface area contributed by atoms with E-state index in [1.807, 2.05) is 80.1 Å². The lowest BCUT2D eigenvalue weighted by atomic mass is 10.0. The maximum Gasteiger partial charge on any atom is 0.255 e. The summed E-state index contributed by atoms with van der Waals surface area (Å²) in [7, 11) is 1.66. The van der Waals surface area contributed by atoms with Gasteiger partial charge in [-0.1, -0.05) is 30.3 Å². The molecule has 0 radical (unpaired) electrons. The Kier molecular flexibility index (Phi) is 6.00.